The lowest BCUT2D eigenvalue weighted by Crippen LogP contribution is -2.43. The van der Waals surface area contributed by atoms with Gasteiger partial charge in [0.15, 0.2) is 0 Å². The van der Waals surface area contributed by atoms with Crippen molar-refractivity contribution in [2.45, 2.75) is 30.7 Å². The molecule has 0 bridgehead atoms. The van der Waals surface area contributed by atoms with Crippen LogP contribution in [0.25, 0.3) is 0 Å². The quantitative estimate of drug-likeness (QED) is 0.794. The van der Waals surface area contributed by atoms with Crippen LogP contribution >= 0.6 is 11.6 Å². The van der Waals surface area contributed by atoms with Gasteiger partial charge in [0.2, 0.25) is 15.9 Å². The summed E-state index contributed by atoms with van der Waals surface area (Å²) < 4.78 is 39.9. The van der Waals surface area contributed by atoms with Crippen molar-refractivity contribution >= 4 is 27.5 Å². The molecule has 0 unspecified atom stereocenters. The van der Waals surface area contributed by atoms with E-state index in [9.17, 15) is 17.6 Å². The molecule has 0 saturated carbocycles. The second-order valence-electron chi connectivity index (χ2n) is 6.91. The zero-order valence-corrected chi connectivity index (χ0v) is 17.0. The van der Waals surface area contributed by atoms with Crippen LogP contribution in [0.15, 0.2) is 53.4 Å². The number of sulfonamides is 1. The van der Waals surface area contributed by atoms with Crippen LogP contribution in [0.3, 0.4) is 0 Å². The summed E-state index contributed by atoms with van der Waals surface area (Å²) >= 11 is 5.82. The van der Waals surface area contributed by atoms with Gasteiger partial charge in [-0.05, 0) is 61.7 Å². The molecule has 1 fully saturated rings. The molecule has 1 aliphatic rings. The highest BCUT2D eigenvalue weighted by Gasteiger charge is 2.32. The topological polar surface area (TPSA) is 66.5 Å². The van der Waals surface area contributed by atoms with E-state index in [0.717, 1.165) is 5.56 Å². The molecule has 2 aromatic carbocycles. The number of nitrogens with zero attached hydrogens (tertiary/aromatic N) is 1. The number of benzene rings is 2. The molecular formula is C20H22ClFN2O3S. The maximum atomic E-state index is 13.0. The van der Waals surface area contributed by atoms with Crippen LogP contribution in [0.5, 0.6) is 0 Å². The average Bonchev–Trinajstić information content (AvgIpc) is 2.69. The second-order valence-corrected chi connectivity index (χ2v) is 9.29. The fourth-order valence-electron chi connectivity index (χ4n) is 3.28. The third-order valence-electron chi connectivity index (χ3n) is 5.00. The van der Waals surface area contributed by atoms with Gasteiger partial charge in [0.1, 0.15) is 5.82 Å². The van der Waals surface area contributed by atoms with E-state index in [1.54, 1.807) is 24.3 Å². The molecule has 1 heterocycles. The van der Waals surface area contributed by atoms with Gasteiger partial charge >= 0.3 is 0 Å². The summed E-state index contributed by atoms with van der Waals surface area (Å²) in [4.78, 5) is 12.7. The van der Waals surface area contributed by atoms with Crippen LogP contribution in [0.2, 0.25) is 5.02 Å². The number of rotatable bonds is 5. The Hall–Kier alpha value is -1.96. The molecule has 0 radical (unpaired) electrons. The van der Waals surface area contributed by atoms with Gasteiger partial charge in [0.25, 0.3) is 0 Å². The predicted molar refractivity (Wildman–Crippen MR) is 106 cm³/mol. The molecule has 150 valence electrons. The first-order chi connectivity index (χ1) is 13.3. The highest BCUT2D eigenvalue weighted by Crippen LogP contribution is 2.25. The average molecular weight is 425 g/mol. The summed E-state index contributed by atoms with van der Waals surface area (Å²) in [5.74, 6) is -0.684. The van der Waals surface area contributed by atoms with Crippen molar-refractivity contribution in [2.24, 2.45) is 5.92 Å². The van der Waals surface area contributed by atoms with E-state index in [4.69, 9.17) is 11.6 Å². The highest BCUT2D eigenvalue weighted by molar-refractivity contribution is 7.89. The summed E-state index contributed by atoms with van der Waals surface area (Å²) in [6, 6.07) is 11.8. The molecule has 0 aromatic heterocycles. The first-order valence-corrected chi connectivity index (χ1v) is 10.9. The summed E-state index contributed by atoms with van der Waals surface area (Å²) in [6.45, 7) is 2.41. The van der Waals surface area contributed by atoms with E-state index < -0.39 is 10.0 Å². The Bertz CT molecular complexity index is 925. The summed E-state index contributed by atoms with van der Waals surface area (Å²) in [7, 11) is -3.59. The lowest BCUT2D eigenvalue weighted by Gasteiger charge is -2.31. The van der Waals surface area contributed by atoms with Gasteiger partial charge in [-0.15, -0.1) is 0 Å². The standard InChI is InChI=1S/C20H22ClFN2O3S/c1-14(15-2-6-18(22)7-3-15)23-20(25)16-10-12-24(13-11-16)28(26,27)19-8-4-17(21)5-9-19/h2-9,14,16H,10-13H2,1H3,(H,23,25)/t14-/m1/s1. The first-order valence-electron chi connectivity index (χ1n) is 9.09. The van der Waals surface area contributed by atoms with Crippen molar-refractivity contribution in [3.63, 3.8) is 0 Å². The molecule has 1 saturated heterocycles. The third kappa shape index (κ3) is 4.71. The van der Waals surface area contributed by atoms with Gasteiger partial charge in [-0.2, -0.15) is 4.31 Å². The van der Waals surface area contributed by atoms with Crippen molar-refractivity contribution < 1.29 is 17.6 Å². The Kier molecular flexibility index (Phi) is 6.37. The van der Waals surface area contributed by atoms with E-state index in [0.29, 0.717) is 17.9 Å². The van der Waals surface area contributed by atoms with Gasteiger partial charge in [0.05, 0.1) is 10.9 Å². The minimum absolute atomic E-state index is 0.111. The number of halogens is 2. The fraction of sp³-hybridized carbons (Fsp3) is 0.350. The Morgan fingerprint density at radius 1 is 1.11 bits per heavy atom. The summed E-state index contributed by atoms with van der Waals surface area (Å²) in [5, 5.41) is 3.41. The van der Waals surface area contributed by atoms with Gasteiger partial charge in [-0.25, -0.2) is 12.8 Å². The molecule has 28 heavy (non-hydrogen) atoms. The number of piperidine rings is 1. The third-order valence-corrected chi connectivity index (χ3v) is 7.17. The number of nitrogens with one attached hydrogen (secondary N) is 1. The Morgan fingerprint density at radius 2 is 1.68 bits per heavy atom. The number of hydrogen-bond donors (Lipinski definition) is 1. The minimum Gasteiger partial charge on any atom is -0.349 e. The first kappa shape index (κ1) is 20.8. The molecule has 1 N–H and O–H groups in total. The molecule has 0 aliphatic carbocycles. The Labute approximate surface area is 169 Å². The second kappa shape index (κ2) is 8.59. The molecule has 1 amide bonds. The lowest BCUT2D eigenvalue weighted by atomic mass is 9.96. The van der Waals surface area contributed by atoms with Gasteiger partial charge in [-0.1, -0.05) is 23.7 Å². The summed E-state index contributed by atoms with van der Waals surface area (Å²) in [6.07, 6.45) is 0.906. The van der Waals surface area contributed by atoms with Crippen LogP contribution in [0.1, 0.15) is 31.4 Å². The molecule has 2 aromatic rings. The molecule has 5 nitrogen and oxygen atoms in total. The summed E-state index contributed by atoms with van der Waals surface area (Å²) in [5.41, 5.74) is 0.817. The fourth-order valence-corrected chi connectivity index (χ4v) is 4.88. The molecule has 0 spiro atoms. The largest absolute Gasteiger partial charge is 0.349 e. The van der Waals surface area contributed by atoms with Gasteiger partial charge in [-0.3, -0.25) is 4.79 Å². The maximum Gasteiger partial charge on any atom is 0.243 e. The van der Waals surface area contributed by atoms with Crippen molar-refractivity contribution in [1.29, 1.82) is 0 Å². The Balaban J connectivity index is 1.57. The predicted octanol–water partition coefficient (Wildman–Crippen LogP) is 3.76. The van der Waals surface area contributed by atoms with Gasteiger partial charge in [0, 0.05) is 24.0 Å². The zero-order valence-electron chi connectivity index (χ0n) is 15.4. The van der Waals surface area contributed by atoms with Crippen LogP contribution in [0, 0.1) is 11.7 Å². The van der Waals surface area contributed by atoms with E-state index in [-0.39, 0.29) is 41.7 Å². The van der Waals surface area contributed by atoms with Crippen LogP contribution in [-0.4, -0.2) is 31.7 Å². The van der Waals surface area contributed by atoms with E-state index >= 15 is 0 Å². The van der Waals surface area contributed by atoms with Crippen LogP contribution in [0.4, 0.5) is 4.39 Å². The van der Waals surface area contributed by atoms with E-state index in [1.165, 1.54) is 28.6 Å². The SMILES string of the molecule is C[C@@H](NC(=O)C1CCN(S(=O)(=O)c2ccc(Cl)cc2)CC1)c1ccc(F)cc1. The smallest absolute Gasteiger partial charge is 0.243 e. The maximum absolute atomic E-state index is 13.0. The van der Waals surface area contributed by atoms with Crippen molar-refractivity contribution in [1.82, 2.24) is 9.62 Å². The van der Waals surface area contributed by atoms with Crippen LogP contribution in [-0.2, 0) is 14.8 Å². The number of carbonyl (C=O) groups excluding carboxylic acids is 1. The number of amides is 1. The molecule has 1 aliphatic heterocycles. The number of carbonyl (C=O) groups is 1. The molecular weight excluding hydrogens is 403 g/mol. The number of hydrogen-bond acceptors (Lipinski definition) is 3. The molecule has 1 atom stereocenters. The highest BCUT2D eigenvalue weighted by atomic mass is 35.5. The monoisotopic (exact) mass is 424 g/mol. The van der Waals surface area contributed by atoms with Crippen molar-refractivity contribution in [2.75, 3.05) is 13.1 Å². The van der Waals surface area contributed by atoms with Crippen molar-refractivity contribution in [3.8, 4) is 0 Å². The minimum atomic E-state index is -3.59. The lowest BCUT2D eigenvalue weighted by molar-refractivity contribution is -0.126. The van der Waals surface area contributed by atoms with E-state index in [1.807, 2.05) is 6.92 Å². The molecule has 8 heteroatoms. The molecule has 3 rings (SSSR count). The normalized spacial score (nSPS) is 17.2. The zero-order chi connectivity index (χ0) is 20.3. The van der Waals surface area contributed by atoms with Crippen molar-refractivity contribution in [3.05, 3.63) is 64.9 Å². The Morgan fingerprint density at radius 3 is 2.25 bits per heavy atom. The van der Waals surface area contributed by atoms with Gasteiger partial charge < -0.3 is 5.32 Å². The van der Waals surface area contributed by atoms with Crippen LogP contribution < -0.4 is 5.32 Å². The van der Waals surface area contributed by atoms with E-state index in [2.05, 4.69) is 5.32 Å².